The van der Waals surface area contributed by atoms with Gasteiger partial charge in [0, 0.05) is 0 Å². The van der Waals surface area contributed by atoms with E-state index in [1.165, 1.54) is 65.5 Å². The second kappa shape index (κ2) is 17.7. The number of allylic oxidation sites excluding steroid dienone is 2. The van der Waals surface area contributed by atoms with Gasteiger partial charge in [0.25, 0.3) is 0 Å². The van der Waals surface area contributed by atoms with Crippen molar-refractivity contribution in [1.29, 1.82) is 0 Å². The summed E-state index contributed by atoms with van der Waals surface area (Å²) >= 11 is -1.91. The zero-order chi connectivity index (χ0) is 29.5. The Hall–Kier alpha value is -1.96. The van der Waals surface area contributed by atoms with Crippen LogP contribution in [0.5, 0.6) is 0 Å². The summed E-state index contributed by atoms with van der Waals surface area (Å²) in [6, 6.07) is 36.1. The second-order valence-electron chi connectivity index (χ2n) is 11.8. The average Bonchev–Trinajstić information content (AvgIpc) is 3.59. The summed E-state index contributed by atoms with van der Waals surface area (Å²) in [5.74, 6) is 0. The summed E-state index contributed by atoms with van der Waals surface area (Å²) in [4.78, 5) is 0. The first-order valence-electron chi connectivity index (χ1n) is 16.2. The van der Waals surface area contributed by atoms with Crippen LogP contribution < -0.4 is 24.8 Å². The predicted molar refractivity (Wildman–Crippen MR) is 185 cm³/mol. The molecule has 0 saturated carbocycles. The van der Waals surface area contributed by atoms with Gasteiger partial charge in [-0.2, -0.15) is 0 Å². The Labute approximate surface area is 288 Å². The molecule has 2 unspecified atom stereocenters. The van der Waals surface area contributed by atoms with E-state index in [0.717, 1.165) is 0 Å². The van der Waals surface area contributed by atoms with E-state index in [4.69, 9.17) is 0 Å². The first-order valence-corrected chi connectivity index (χ1v) is 26.4. The molecule has 0 radical (unpaired) electrons. The molecular formula is C40H47Cl2SiZr. The number of hydrogen-bond acceptors (Lipinski definition) is 0. The van der Waals surface area contributed by atoms with Crippen molar-refractivity contribution in [3.63, 3.8) is 0 Å². The minimum Gasteiger partial charge on any atom is -1.00 e. The molecule has 2 aliphatic carbocycles. The summed E-state index contributed by atoms with van der Waals surface area (Å²) in [5, 5.41) is 0. The van der Waals surface area contributed by atoms with E-state index in [-0.39, 0.29) is 31.5 Å². The first-order chi connectivity index (χ1) is 20.6. The standard InChI is InChI=1S/C17H15.C16H13.C6H14.CH5Si.2ClH.Zr/c1-2-13-11-15-9-6-10-16(17(15)12-13)14-7-4-3-5-8-14;1-12-10-14-8-5-9-15(16(14)11-12)13-6-3-2-4-7-13;1-3-5-6-4-2;1-2;;;/h3-12H,2H2,1H3;2-11H,1H3;3-6H2,1-2H3;2H2,1H3;2*1H;/q;;;;;;+2/p-2. The van der Waals surface area contributed by atoms with Gasteiger partial charge in [-0.25, -0.2) is 0 Å². The van der Waals surface area contributed by atoms with Crippen LogP contribution in [0.1, 0.15) is 89.3 Å². The van der Waals surface area contributed by atoms with E-state index < -0.39 is 20.9 Å². The third-order valence-corrected chi connectivity index (χ3v) is 28.0. The van der Waals surface area contributed by atoms with E-state index in [1.54, 1.807) is 22.3 Å². The Morgan fingerprint density at radius 1 is 0.591 bits per heavy atom. The van der Waals surface area contributed by atoms with Gasteiger partial charge in [-0.05, 0) is 0 Å². The Morgan fingerprint density at radius 2 is 1.07 bits per heavy atom. The van der Waals surface area contributed by atoms with Gasteiger partial charge in [-0.15, -0.1) is 0 Å². The molecule has 0 N–H and O–H groups in total. The molecule has 0 saturated heterocycles. The number of rotatable bonds is 9. The molecule has 6 rings (SSSR count). The minimum atomic E-state index is -1.91. The molecule has 0 bridgehead atoms. The zero-order valence-electron chi connectivity index (χ0n) is 27.0. The molecule has 0 fully saturated rings. The Balaban J connectivity index is 0.000000605. The summed E-state index contributed by atoms with van der Waals surface area (Å²) in [6.07, 6.45) is 11.8. The van der Waals surface area contributed by atoms with E-state index >= 15 is 0 Å². The van der Waals surface area contributed by atoms with Gasteiger partial charge < -0.3 is 24.8 Å². The van der Waals surface area contributed by atoms with Gasteiger partial charge >= 0.3 is 226 Å². The van der Waals surface area contributed by atoms with Gasteiger partial charge in [0.05, 0.1) is 0 Å². The van der Waals surface area contributed by atoms with Gasteiger partial charge in [-0.1, -0.05) is 39.5 Å². The predicted octanol–water partition coefficient (Wildman–Crippen LogP) is 5.37. The molecule has 0 amide bonds. The van der Waals surface area contributed by atoms with Crippen molar-refractivity contribution in [2.45, 2.75) is 73.6 Å². The van der Waals surface area contributed by atoms with E-state index in [2.05, 4.69) is 143 Å². The average molecular weight is 718 g/mol. The quantitative estimate of drug-likeness (QED) is 0.162. The third kappa shape index (κ3) is 7.70. The fraction of sp³-hybridized carbons (Fsp3) is 0.300. The van der Waals surface area contributed by atoms with E-state index in [0.29, 0.717) is 7.25 Å². The Morgan fingerprint density at radius 3 is 1.52 bits per heavy atom. The molecule has 0 nitrogen and oxygen atoms in total. The maximum atomic E-state index is 2.62. The number of hydrogen-bond donors (Lipinski definition) is 0. The Kier molecular flexibility index (Phi) is 14.7. The molecule has 0 spiro atoms. The maximum Gasteiger partial charge on any atom is -0.0536 e. The molecular weight excluding hydrogens is 671 g/mol. The van der Waals surface area contributed by atoms with Gasteiger partial charge in [0.2, 0.25) is 0 Å². The van der Waals surface area contributed by atoms with E-state index in [1.807, 2.05) is 0 Å². The van der Waals surface area contributed by atoms with Crippen molar-refractivity contribution < 1.29 is 45.7 Å². The molecule has 4 aromatic rings. The van der Waals surface area contributed by atoms with E-state index in [9.17, 15) is 0 Å². The van der Waals surface area contributed by atoms with Crippen molar-refractivity contribution in [2.75, 3.05) is 0 Å². The Bertz CT molecular complexity index is 1540. The monoisotopic (exact) mass is 715 g/mol. The van der Waals surface area contributed by atoms with Crippen molar-refractivity contribution in [3.8, 4) is 22.3 Å². The minimum absolute atomic E-state index is 0. The fourth-order valence-corrected chi connectivity index (χ4v) is 27.5. The smallest absolute Gasteiger partial charge is 0.0536 e. The molecule has 0 aromatic heterocycles. The third-order valence-electron chi connectivity index (χ3n) is 9.11. The molecule has 2 aliphatic rings. The fourth-order valence-electron chi connectivity index (χ4n) is 7.07. The van der Waals surface area contributed by atoms with Crippen molar-refractivity contribution in [1.82, 2.24) is 0 Å². The van der Waals surface area contributed by atoms with Gasteiger partial charge in [0.1, 0.15) is 0 Å². The molecule has 4 aromatic carbocycles. The second-order valence-corrected chi connectivity index (χ2v) is 28.2. The first kappa shape index (κ1) is 36.5. The summed E-state index contributed by atoms with van der Waals surface area (Å²) < 4.78 is 1.42. The summed E-state index contributed by atoms with van der Waals surface area (Å²) in [5.41, 5.74) is 15.1. The molecule has 0 aliphatic heterocycles. The zero-order valence-corrected chi connectivity index (χ0v) is 32.4. The maximum absolute atomic E-state index is 2.62. The van der Waals surface area contributed by atoms with Gasteiger partial charge in [0.15, 0.2) is 0 Å². The van der Waals surface area contributed by atoms with Crippen LogP contribution in [0.4, 0.5) is 0 Å². The molecule has 4 heteroatoms. The number of unbranched alkanes of at least 4 members (excludes halogenated alkanes) is 3. The van der Waals surface area contributed by atoms with Gasteiger partial charge in [-0.3, -0.25) is 0 Å². The van der Waals surface area contributed by atoms with Crippen LogP contribution in [0.25, 0.3) is 34.4 Å². The number of benzene rings is 4. The van der Waals surface area contributed by atoms with Crippen LogP contribution in [0.2, 0.25) is 6.55 Å². The largest absolute Gasteiger partial charge is 1.00 e. The SMILES string of the molecule is CCC1=Cc2c(-c3ccccc3)cccc2[CH]1[Zr+2]([SiH2]C)[CH]1C(C)=Cc2c(-c3ccccc3)cccc21.CCCCCC.[Cl-].[Cl-]. The van der Waals surface area contributed by atoms with Crippen LogP contribution in [-0.2, 0) is 20.9 Å². The molecule has 229 valence electrons. The van der Waals surface area contributed by atoms with Crippen molar-refractivity contribution >= 4 is 18.8 Å². The number of fused-ring (bicyclic) bond motifs is 2. The van der Waals surface area contributed by atoms with Crippen LogP contribution in [-0.4, -0.2) is 6.65 Å². The normalized spacial score (nSPS) is 16.1. The summed E-state index contributed by atoms with van der Waals surface area (Å²) in [7, 11) is 0. The topological polar surface area (TPSA) is 0 Å². The molecule has 0 heterocycles. The van der Waals surface area contributed by atoms with Crippen LogP contribution in [0.15, 0.2) is 108 Å². The molecule has 2 atom stereocenters. The number of halogens is 2. The van der Waals surface area contributed by atoms with Crippen molar-refractivity contribution in [3.05, 3.63) is 130 Å². The van der Waals surface area contributed by atoms with Crippen LogP contribution in [0, 0.1) is 0 Å². The summed E-state index contributed by atoms with van der Waals surface area (Å²) in [6.45, 7) is 11.8. The van der Waals surface area contributed by atoms with Crippen molar-refractivity contribution in [2.24, 2.45) is 0 Å². The molecule has 44 heavy (non-hydrogen) atoms. The van der Waals surface area contributed by atoms with Crippen LogP contribution >= 0.6 is 0 Å². The van der Waals surface area contributed by atoms with Crippen LogP contribution in [0.3, 0.4) is 0 Å².